The topological polar surface area (TPSA) is 57.7 Å². The molecule has 0 fully saturated rings. The number of benzene rings is 2. The first-order valence-corrected chi connectivity index (χ1v) is 11.2. The van der Waals surface area contributed by atoms with Crippen molar-refractivity contribution in [3.05, 3.63) is 58.7 Å². The number of rotatable bonds is 5. The van der Waals surface area contributed by atoms with E-state index in [0.29, 0.717) is 30.1 Å². The maximum Gasteiger partial charge on any atom is 0.258 e. The average Bonchev–Trinajstić information content (AvgIpc) is 2.66. The van der Waals surface area contributed by atoms with E-state index in [2.05, 4.69) is 0 Å². The summed E-state index contributed by atoms with van der Waals surface area (Å²) in [5.74, 6) is -0.0351. The predicted molar refractivity (Wildman–Crippen MR) is 112 cm³/mol. The number of sulfonamides is 1. The highest BCUT2D eigenvalue weighted by atomic mass is 32.2. The van der Waals surface area contributed by atoms with Gasteiger partial charge in [0.1, 0.15) is 0 Å². The highest BCUT2D eigenvalue weighted by Crippen LogP contribution is 2.31. The van der Waals surface area contributed by atoms with Crippen LogP contribution in [0, 0.1) is 13.8 Å². The fourth-order valence-corrected chi connectivity index (χ4v) is 5.42. The second-order valence-corrected chi connectivity index (χ2v) is 9.25. The van der Waals surface area contributed by atoms with Gasteiger partial charge < -0.3 is 4.90 Å². The van der Waals surface area contributed by atoms with Crippen molar-refractivity contribution in [2.75, 3.05) is 24.5 Å². The fourth-order valence-electron chi connectivity index (χ4n) is 3.91. The van der Waals surface area contributed by atoms with Crippen LogP contribution >= 0.6 is 0 Å². The number of anilines is 1. The molecule has 0 radical (unpaired) electrons. The van der Waals surface area contributed by atoms with Crippen molar-refractivity contribution >= 4 is 21.6 Å². The lowest BCUT2D eigenvalue weighted by atomic mass is 10.00. The van der Waals surface area contributed by atoms with Gasteiger partial charge in [0, 0.05) is 30.9 Å². The summed E-state index contributed by atoms with van der Waals surface area (Å²) in [4.78, 5) is 15.2. The number of carbonyl (C=O) groups is 1. The highest BCUT2D eigenvalue weighted by Gasteiger charge is 2.27. The monoisotopic (exact) mass is 400 g/mol. The second kappa shape index (κ2) is 8.05. The molecule has 0 unspecified atom stereocenters. The van der Waals surface area contributed by atoms with Crippen LogP contribution in [-0.4, -0.2) is 38.3 Å². The molecule has 2 aromatic rings. The molecular formula is C22H28N2O3S. The van der Waals surface area contributed by atoms with Gasteiger partial charge in [-0.05, 0) is 62.6 Å². The van der Waals surface area contributed by atoms with Gasteiger partial charge in [-0.15, -0.1) is 0 Å². The van der Waals surface area contributed by atoms with E-state index in [1.54, 1.807) is 23.1 Å². The lowest BCUT2D eigenvalue weighted by Gasteiger charge is -2.30. The molecule has 0 aliphatic carbocycles. The third-order valence-electron chi connectivity index (χ3n) is 5.23. The van der Waals surface area contributed by atoms with Crippen LogP contribution in [0.4, 0.5) is 5.69 Å². The number of hydrogen-bond donors (Lipinski definition) is 0. The molecule has 150 valence electrons. The summed E-state index contributed by atoms with van der Waals surface area (Å²) in [6.07, 6.45) is 1.59. The first-order chi connectivity index (χ1) is 13.3. The third kappa shape index (κ3) is 3.84. The zero-order valence-electron chi connectivity index (χ0n) is 17.0. The van der Waals surface area contributed by atoms with E-state index in [1.807, 2.05) is 45.9 Å². The van der Waals surface area contributed by atoms with E-state index in [9.17, 15) is 13.2 Å². The Morgan fingerprint density at radius 2 is 1.68 bits per heavy atom. The molecule has 5 nitrogen and oxygen atoms in total. The molecule has 2 aromatic carbocycles. The van der Waals surface area contributed by atoms with Crippen LogP contribution in [0.2, 0.25) is 0 Å². The first-order valence-electron chi connectivity index (χ1n) is 9.81. The van der Waals surface area contributed by atoms with Gasteiger partial charge in [0.2, 0.25) is 10.0 Å². The third-order valence-corrected chi connectivity index (χ3v) is 7.27. The van der Waals surface area contributed by atoms with Crippen LogP contribution in [0.25, 0.3) is 0 Å². The summed E-state index contributed by atoms with van der Waals surface area (Å²) in [6.45, 7) is 9.16. The molecule has 0 N–H and O–H groups in total. The quantitative estimate of drug-likeness (QED) is 0.764. The molecule has 1 aliphatic heterocycles. The van der Waals surface area contributed by atoms with Gasteiger partial charge in [0.05, 0.1) is 4.90 Å². The second-order valence-electron chi connectivity index (χ2n) is 7.32. The zero-order chi connectivity index (χ0) is 20.5. The van der Waals surface area contributed by atoms with Crippen molar-refractivity contribution in [1.82, 2.24) is 4.31 Å². The van der Waals surface area contributed by atoms with E-state index in [0.717, 1.165) is 35.2 Å². The number of fused-ring (bicyclic) bond motifs is 1. The molecule has 3 rings (SSSR count). The molecule has 1 amide bonds. The van der Waals surface area contributed by atoms with E-state index in [4.69, 9.17) is 0 Å². The predicted octanol–water partition coefficient (Wildman–Crippen LogP) is 3.93. The summed E-state index contributed by atoms with van der Waals surface area (Å²) >= 11 is 0. The molecule has 0 bridgehead atoms. The lowest BCUT2D eigenvalue weighted by molar-refractivity contribution is 0.0985. The molecular weight excluding hydrogens is 372 g/mol. The Kier molecular flexibility index (Phi) is 5.91. The van der Waals surface area contributed by atoms with Gasteiger partial charge in [-0.25, -0.2) is 8.42 Å². The largest absolute Gasteiger partial charge is 0.308 e. The Morgan fingerprint density at radius 1 is 1.04 bits per heavy atom. The normalized spacial score (nSPS) is 14.2. The standard InChI is InChI=1S/C22H28N2O3S/c1-5-23(6-2)28(26,27)20-9-10-21-18(15-20)8-7-11-24(21)22(25)19-13-16(3)12-17(4)14-19/h9-10,12-15H,5-8,11H2,1-4H3. The van der Waals surface area contributed by atoms with Gasteiger partial charge in [-0.3, -0.25) is 4.79 Å². The van der Waals surface area contributed by atoms with Crippen LogP contribution < -0.4 is 4.90 Å². The summed E-state index contributed by atoms with van der Waals surface area (Å²) in [7, 11) is -3.51. The van der Waals surface area contributed by atoms with Crippen molar-refractivity contribution in [2.24, 2.45) is 0 Å². The van der Waals surface area contributed by atoms with Crippen LogP contribution in [0.1, 0.15) is 47.3 Å². The van der Waals surface area contributed by atoms with Crippen molar-refractivity contribution < 1.29 is 13.2 Å². The first kappa shape index (κ1) is 20.6. The minimum atomic E-state index is -3.51. The number of carbonyl (C=O) groups excluding carboxylic acids is 1. The van der Waals surface area contributed by atoms with Gasteiger partial charge in [0.25, 0.3) is 5.91 Å². The fraction of sp³-hybridized carbons (Fsp3) is 0.409. The molecule has 0 spiro atoms. The lowest BCUT2D eigenvalue weighted by Crippen LogP contribution is -2.36. The molecule has 1 aliphatic rings. The summed E-state index contributed by atoms with van der Waals surface area (Å²) in [5.41, 5.74) is 4.51. The van der Waals surface area contributed by atoms with Gasteiger partial charge in [0.15, 0.2) is 0 Å². The molecule has 0 aromatic heterocycles. The molecule has 28 heavy (non-hydrogen) atoms. The maximum absolute atomic E-state index is 13.1. The molecule has 0 atom stereocenters. The van der Waals surface area contributed by atoms with Crippen molar-refractivity contribution in [3.63, 3.8) is 0 Å². The molecule has 0 saturated heterocycles. The maximum atomic E-state index is 13.1. The number of hydrogen-bond acceptors (Lipinski definition) is 3. The Morgan fingerprint density at radius 3 is 2.29 bits per heavy atom. The summed E-state index contributed by atoms with van der Waals surface area (Å²) in [6, 6.07) is 11.0. The Bertz CT molecular complexity index is 975. The number of aryl methyl sites for hydroxylation is 3. The Hall–Kier alpha value is -2.18. The van der Waals surface area contributed by atoms with E-state index < -0.39 is 10.0 Å². The minimum Gasteiger partial charge on any atom is -0.308 e. The number of nitrogens with zero attached hydrogens (tertiary/aromatic N) is 2. The molecule has 0 saturated carbocycles. The molecule has 1 heterocycles. The highest BCUT2D eigenvalue weighted by molar-refractivity contribution is 7.89. The summed E-state index contributed by atoms with van der Waals surface area (Å²) < 4.78 is 27.1. The van der Waals surface area contributed by atoms with Crippen molar-refractivity contribution in [2.45, 2.75) is 45.4 Å². The SMILES string of the molecule is CCN(CC)S(=O)(=O)c1ccc2c(c1)CCCN2C(=O)c1cc(C)cc(C)c1. The van der Waals surface area contributed by atoms with Gasteiger partial charge >= 0.3 is 0 Å². The number of amides is 1. The van der Waals surface area contributed by atoms with Crippen molar-refractivity contribution in [1.29, 1.82) is 0 Å². The van der Waals surface area contributed by atoms with Crippen LogP contribution in [-0.2, 0) is 16.4 Å². The minimum absolute atomic E-state index is 0.0351. The Labute approximate surface area is 168 Å². The van der Waals surface area contributed by atoms with Crippen LogP contribution in [0.3, 0.4) is 0 Å². The van der Waals surface area contributed by atoms with E-state index in [-0.39, 0.29) is 5.91 Å². The summed E-state index contributed by atoms with van der Waals surface area (Å²) in [5, 5.41) is 0. The average molecular weight is 401 g/mol. The Balaban J connectivity index is 1.98. The van der Waals surface area contributed by atoms with Crippen LogP contribution in [0.5, 0.6) is 0 Å². The molecule has 6 heteroatoms. The van der Waals surface area contributed by atoms with Crippen molar-refractivity contribution in [3.8, 4) is 0 Å². The van der Waals surface area contributed by atoms with Gasteiger partial charge in [-0.2, -0.15) is 4.31 Å². The van der Waals surface area contributed by atoms with Crippen LogP contribution in [0.15, 0.2) is 41.3 Å². The van der Waals surface area contributed by atoms with E-state index in [1.165, 1.54) is 4.31 Å². The zero-order valence-corrected chi connectivity index (χ0v) is 17.8. The van der Waals surface area contributed by atoms with Gasteiger partial charge in [-0.1, -0.05) is 31.0 Å². The van der Waals surface area contributed by atoms with E-state index >= 15 is 0 Å². The smallest absolute Gasteiger partial charge is 0.258 e.